The SMILES string of the molecule is CC.Cc1ccc(S(=O)(=O)n2c(C)c(C)c3c2ccc(=O)n3C)cc1. The number of fused-ring (bicyclic) bond motifs is 1. The van der Waals surface area contributed by atoms with E-state index in [1.165, 1.54) is 14.6 Å². The van der Waals surface area contributed by atoms with Crippen LogP contribution in [0.3, 0.4) is 0 Å². The second-order valence-corrected chi connectivity index (χ2v) is 7.54. The Kier molecular flexibility index (Phi) is 5.23. The number of benzene rings is 1. The van der Waals surface area contributed by atoms with Crippen LogP contribution in [0.25, 0.3) is 11.0 Å². The van der Waals surface area contributed by atoms with Crippen molar-refractivity contribution in [2.75, 3.05) is 0 Å². The summed E-state index contributed by atoms with van der Waals surface area (Å²) in [5.41, 5.74) is 3.40. The van der Waals surface area contributed by atoms with Crippen molar-refractivity contribution in [1.29, 1.82) is 0 Å². The lowest BCUT2D eigenvalue weighted by molar-refractivity contribution is 0.588. The molecule has 134 valence electrons. The third-order valence-corrected chi connectivity index (χ3v) is 6.09. The molecule has 2 heterocycles. The summed E-state index contributed by atoms with van der Waals surface area (Å²) in [6.45, 7) is 9.50. The Morgan fingerprint density at radius 3 is 2.00 bits per heavy atom. The smallest absolute Gasteiger partial charge is 0.268 e. The van der Waals surface area contributed by atoms with Gasteiger partial charge >= 0.3 is 0 Å². The summed E-state index contributed by atoms with van der Waals surface area (Å²) in [7, 11) is -2.07. The van der Waals surface area contributed by atoms with Crippen molar-refractivity contribution in [3.8, 4) is 0 Å². The second kappa shape index (κ2) is 6.88. The fourth-order valence-corrected chi connectivity index (χ4v) is 4.45. The van der Waals surface area contributed by atoms with E-state index in [-0.39, 0.29) is 10.5 Å². The van der Waals surface area contributed by atoms with Crippen molar-refractivity contribution in [3.63, 3.8) is 0 Å². The fourth-order valence-electron chi connectivity index (χ4n) is 2.86. The third kappa shape index (κ3) is 3.02. The van der Waals surface area contributed by atoms with Gasteiger partial charge in [0.05, 0.1) is 15.9 Å². The Bertz CT molecular complexity index is 1070. The van der Waals surface area contributed by atoms with Crippen molar-refractivity contribution in [2.45, 2.75) is 39.5 Å². The van der Waals surface area contributed by atoms with Gasteiger partial charge in [0.2, 0.25) is 0 Å². The van der Waals surface area contributed by atoms with E-state index in [0.717, 1.165) is 11.1 Å². The second-order valence-electron chi connectivity index (χ2n) is 5.76. The lowest BCUT2D eigenvalue weighted by Gasteiger charge is -2.10. The van der Waals surface area contributed by atoms with Gasteiger partial charge < -0.3 is 4.57 Å². The summed E-state index contributed by atoms with van der Waals surface area (Å²) < 4.78 is 28.9. The molecule has 0 saturated heterocycles. The fraction of sp³-hybridized carbons (Fsp3) is 0.316. The summed E-state index contributed by atoms with van der Waals surface area (Å²) in [5, 5.41) is 0. The molecular weight excluding hydrogens is 336 g/mol. The highest BCUT2D eigenvalue weighted by atomic mass is 32.2. The first kappa shape index (κ1) is 19.0. The molecule has 1 aromatic carbocycles. The molecule has 6 heteroatoms. The van der Waals surface area contributed by atoms with Crippen LogP contribution in [0.4, 0.5) is 0 Å². The Balaban J connectivity index is 0.00000109. The van der Waals surface area contributed by atoms with Crippen molar-refractivity contribution < 1.29 is 8.42 Å². The molecule has 0 aliphatic carbocycles. The molecule has 0 atom stereocenters. The largest absolute Gasteiger partial charge is 0.310 e. The van der Waals surface area contributed by atoms with Crippen LogP contribution < -0.4 is 5.56 Å². The van der Waals surface area contributed by atoms with Crippen LogP contribution in [0, 0.1) is 20.8 Å². The maximum atomic E-state index is 13.1. The molecule has 2 aromatic heterocycles. The normalized spacial score (nSPS) is 11.3. The average Bonchev–Trinajstić information content (AvgIpc) is 2.85. The first-order chi connectivity index (χ1) is 11.7. The Morgan fingerprint density at radius 1 is 0.880 bits per heavy atom. The molecule has 0 spiro atoms. The monoisotopic (exact) mass is 360 g/mol. The number of aryl methyl sites for hydroxylation is 3. The van der Waals surface area contributed by atoms with Crippen LogP contribution in [0.1, 0.15) is 30.7 Å². The topological polar surface area (TPSA) is 61.1 Å². The van der Waals surface area contributed by atoms with E-state index in [9.17, 15) is 13.2 Å². The van der Waals surface area contributed by atoms with Crippen LogP contribution in [0.15, 0.2) is 46.1 Å². The number of aromatic nitrogens is 2. The van der Waals surface area contributed by atoms with Crippen LogP contribution in [0.5, 0.6) is 0 Å². The molecule has 0 unspecified atom stereocenters. The number of hydrogen-bond donors (Lipinski definition) is 0. The van der Waals surface area contributed by atoms with Gasteiger partial charge in [0.25, 0.3) is 15.6 Å². The van der Waals surface area contributed by atoms with Gasteiger partial charge in [-0.05, 0) is 44.5 Å². The Hall–Kier alpha value is -2.34. The maximum absolute atomic E-state index is 13.1. The summed E-state index contributed by atoms with van der Waals surface area (Å²) in [5.74, 6) is 0. The van der Waals surface area contributed by atoms with E-state index in [0.29, 0.717) is 16.7 Å². The van der Waals surface area contributed by atoms with E-state index < -0.39 is 10.0 Å². The van der Waals surface area contributed by atoms with Gasteiger partial charge in [-0.1, -0.05) is 31.5 Å². The Labute approximate surface area is 148 Å². The van der Waals surface area contributed by atoms with E-state index in [2.05, 4.69) is 0 Å². The molecule has 0 saturated carbocycles. The maximum Gasteiger partial charge on any atom is 0.268 e. The highest BCUT2D eigenvalue weighted by molar-refractivity contribution is 7.90. The predicted octanol–water partition coefficient (Wildman–Crippen LogP) is 3.53. The van der Waals surface area contributed by atoms with Gasteiger partial charge in [-0.15, -0.1) is 0 Å². The zero-order valence-corrected chi connectivity index (χ0v) is 16.3. The van der Waals surface area contributed by atoms with Gasteiger partial charge in [-0.25, -0.2) is 12.4 Å². The van der Waals surface area contributed by atoms with Gasteiger partial charge in [-0.3, -0.25) is 4.79 Å². The summed E-state index contributed by atoms with van der Waals surface area (Å²) >= 11 is 0. The van der Waals surface area contributed by atoms with E-state index in [1.54, 1.807) is 44.3 Å². The Morgan fingerprint density at radius 2 is 1.44 bits per heavy atom. The van der Waals surface area contributed by atoms with Gasteiger partial charge in [0.15, 0.2) is 0 Å². The van der Waals surface area contributed by atoms with Gasteiger partial charge in [0, 0.05) is 18.8 Å². The van der Waals surface area contributed by atoms with Gasteiger partial charge in [-0.2, -0.15) is 0 Å². The molecular formula is C19H24N2O3S. The lowest BCUT2D eigenvalue weighted by atomic mass is 10.2. The zero-order chi connectivity index (χ0) is 18.9. The summed E-state index contributed by atoms with van der Waals surface area (Å²) in [6.07, 6.45) is 0. The molecule has 3 rings (SSSR count). The number of rotatable bonds is 2. The van der Waals surface area contributed by atoms with Crippen molar-refractivity contribution in [1.82, 2.24) is 8.54 Å². The standard InChI is InChI=1S/C17H18N2O3S.C2H6/c1-11-5-7-14(8-6-11)23(21,22)19-13(3)12(2)17-15(19)9-10-16(20)18(17)4;1-2/h5-10H,1-4H3;1-2H3. The first-order valence-electron chi connectivity index (χ1n) is 8.25. The van der Waals surface area contributed by atoms with E-state index in [4.69, 9.17) is 0 Å². The summed E-state index contributed by atoms with van der Waals surface area (Å²) in [6, 6.07) is 9.72. The van der Waals surface area contributed by atoms with Crippen molar-refractivity contribution >= 4 is 21.1 Å². The molecule has 3 aromatic rings. The van der Waals surface area contributed by atoms with Crippen molar-refractivity contribution in [2.24, 2.45) is 7.05 Å². The highest BCUT2D eigenvalue weighted by Crippen LogP contribution is 2.28. The van der Waals surface area contributed by atoms with E-state index >= 15 is 0 Å². The van der Waals surface area contributed by atoms with Crippen molar-refractivity contribution in [3.05, 3.63) is 63.6 Å². The predicted molar refractivity (Wildman–Crippen MR) is 102 cm³/mol. The molecule has 0 fully saturated rings. The minimum atomic E-state index is -3.72. The molecule has 0 aliphatic rings. The number of nitrogens with zero attached hydrogens (tertiary/aromatic N) is 2. The van der Waals surface area contributed by atoms with E-state index in [1.807, 2.05) is 27.7 Å². The zero-order valence-electron chi connectivity index (χ0n) is 15.5. The van der Waals surface area contributed by atoms with Crippen LogP contribution in [0.2, 0.25) is 0 Å². The molecule has 0 bridgehead atoms. The number of pyridine rings is 1. The molecule has 5 nitrogen and oxygen atoms in total. The minimum Gasteiger partial charge on any atom is -0.310 e. The van der Waals surface area contributed by atoms with Gasteiger partial charge in [0.1, 0.15) is 0 Å². The van der Waals surface area contributed by atoms with Crippen LogP contribution in [-0.2, 0) is 17.1 Å². The molecule has 0 radical (unpaired) electrons. The number of hydrogen-bond acceptors (Lipinski definition) is 3. The first-order valence-corrected chi connectivity index (χ1v) is 9.69. The lowest BCUT2D eigenvalue weighted by Crippen LogP contribution is -2.17. The third-order valence-electron chi connectivity index (χ3n) is 4.27. The quantitative estimate of drug-likeness (QED) is 0.702. The van der Waals surface area contributed by atoms with Crippen LogP contribution in [-0.4, -0.2) is 17.0 Å². The van der Waals surface area contributed by atoms with Crippen LogP contribution >= 0.6 is 0 Å². The molecule has 25 heavy (non-hydrogen) atoms. The summed E-state index contributed by atoms with van der Waals surface area (Å²) in [4.78, 5) is 12.1. The molecule has 0 N–H and O–H groups in total. The molecule has 0 aliphatic heterocycles. The average molecular weight is 360 g/mol. The highest BCUT2D eigenvalue weighted by Gasteiger charge is 2.24. The molecule has 0 amide bonds. The minimum absolute atomic E-state index is 0.162.